The van der Waals surface area contributed by atoms with E-state index in [0.717, 1.165) is 38.3 Å². The molecule has 2 aliphatic rings. The molecule has 0 aromatic carbocycles. The van der Waals surface area contributed by atoms with Crippen LogP contribution < -0.4 is 5.32 Å². The second kappa shape index (κ2) is 7.07. The minimum Gasteiger partial charge on any atom is -0.381 e. The van der Waals surface area contributed by atoms with Gasteiger partial charge in [-0.15, -0.1) is 0 Å². The van der Waals surface area contributed by atoms with Crippen molar-refractivity contribution in [3.63, 3.8) is 0 Å². The van der Waals surface area contributed by atoms with E-state index in [1.807, 2.05) is 10.9 Å². The zero-order valence-corrected chi connectivity index (χ0v) is 12.6. The van der Waals surface area contributed by atoms with Crippen LogP contribution in [0.15, 0.2) is 12.4 Å². The van der Waals surface area contributed by atoms with Gasteiger partial charge in [0.15, 0.2) is 0 Å². The van der Waals surface area contributed by atoms with Crippen molar-refractivity contribution in [2.75, 3.05) is 18.5 Å². The number of amides is 1. The summed E-state index contributed by atoms with van der Waals surface area (Å²) in [5.74, 6) is 1.36. The van der Waals surface area contributed by atoms with Gasteiger partial charge in [0.1, 0.15) is 0 Å². The number of ether oxygens (including phenoxy) is 1. The monoisotopic (exact) mass is 291 g/mol. The van der Waals surface area contributed by atoms with Crippen LogP contribution >= 0.6 is 0 Å². The largest absolute Gasteiger partial charge is 0.381 e. The van der Waals surface area contributed by atoms with Crippen molar-refractivity contribution < 1.29 is 9.53 Å². The van der Waals surface area contributed by atoms with Crippen molar-refractivity contribution in [2.24, 2.45) is 11.8 Å². The third-order valence-corrected chi connectivity index (χ3v) is 4.65. The fourth-order valence-corrected chi connectivity index (χ4v) is 3.41. The number of hydrogen-bond donors (Lipinski definition) is 1. The first kappa shape index (κ1) is 14.6. The lowest BCUT2D eigenvalue weighted by Gasteiger charge is -2.21. The van der Waals surface area contributed by atoms with Crippen LogP contribution in [0.25, 0.3) is 0 Å². The molecule has 1 saturated heterocycles. The Kier molecular flexibility index (Phi) is 4.91. The van der Waals surface area contributed by atoms with E-state index in [1.54, 1.807) is 6.20 Å². The minimum absolute atomic E-state index is 0.132. The molecule has 0 bridgehead atoms. The van der Waals surface area contributed by atoms with Crippen LogP contribution in [0.1, 0.15) is 44.9 Å². The quantitative estimate of drug-likeness (QED) is 0.907. The highest BCUT2D eigenvalue weighted by molar-refractivity contribution is 5.90. The van der Waals surface area contributed by atoms with Crippen LogP contribution in [0.3, 0.4) is 0 Å². The Bertz CT molecular complexity index is 460. The molecule has 0 radical (unpaired) electrons. The van der Waals surface area contributed by atoms with Gasteiger partial charge in [0.25, 0.3) is 0 Å². The van der Waals surface area contributed by atoms with Crippen molar-refractivity contribution in [3.8, 4) is 0 Å². The van der Waals surface area contributed by atoms with Crippen LogP contribution in [-0.4, -0.2) is 28.9 Å². The average molecular weight is 291 g/mol. The van der Waals surface area contributed by atoms with Gasteiger partial charge in [0.2, 0.25) is 5.91 Å². The molecule has 0 spiro atoms. The second-order valence-corrected chi connectivity index (χ2v) is 6.41. The Morgan fingerprint density at radius 2 is 2.00 bits per heavy atom. The van der Waals surface area contributed by atoms with Crippen LogP contribution in [0.4, 0.5) is 5.69 Å². The predicted octanol–water partition coefficient (Wildman–Crippen LogP) is 2.83. The molecule has 0 unspecified atom stereocenters. The van der Waals surface area contributed by atoms with E-state index in [4.69, 9.17) is 4.74 Å². The summed E-state index contributed by atoms with van der Waals surface area (Å²) >= 11 is 0. The van der Waals surface area contributed by atoms with Crippen molar-refractivity contribution >= 4 is 11.6 Å². The molecule has 1 aliphatic heterocycles. The molecule has 5 heteroatoms. The summed E-state index contributed by atoms with van der Waals surface area (Å²) in [5.41, 5.74) is 0.824. The number of rotatable bonds is 5. The number of hydrogen-bond acceptors (Lipinski definition) is 3. The first-order chi connectivity index (χ1) is 10.3. The second-order valence-electron chi connectivity index (χ2n) is 6.41. The summed E-state index contributed by atoms with van der Waals surface area (Å²) in [6, 6.07) is 0. The van der Waals surface area contributed by atoms with E-state index in [-0.39, 0.29) is 5.91 Å². The maximum Gasteiger partial charge on any atom is 0.224 e. The first-order valence-corrected chi connectivity index (χ1v) is 8.19. The lowest BCUT2D eigenvalue weighted by Crippen LogP contribution is -2.20. The van der Waals surface area contributed by atoms with Gasteiger partial charge in [-0.1, -0.05) is 12.8 Å². The van der Waals surface area contributed by atoms with Crippen LogP contribution in [0.2, 0.25) is 0 Å². The third-order valence-electron chi connectivity index (χ3n) is 4.65. The molecule has 1 aliphatic carbocycles. The smallest absolute Gasteiger partial charge is 0.224 e. The van der Waals surface area contributed by atoms with Gasteiger partial charge in [-0.05, 0) is 37.5 Å². The lowest BCUT2D eigenvalue weighted by atomic mass is 10.0. The highest BCUT2D eigenvalue weighted by Crippen LogP contribution is 2.27. The topological polar surface area (TPSA) is 56.2 Å². The fourth-order valence-electron chi connectivity index (χ4n) is 3.41. The summed E-state index contributed by atoms with van der Waals surface area (Å²) in [4.78, 5) is 12.0. The summed E-state index contributed by atoms with van der Waals surface area (Å²) in [6.45, 7) is 2.63. The minimum atomic E-state index is 0.132. The predicted molar refractivity (Wildman–Crippen MR) is 81.0 cm³/mol. The van der Waals surface area contributed by atoms with Gasteiger partial charge in [-0.25, -0.2) is 0 Å². The normalized spacial score (nSPS) is 20.8. The van der Waals surface area contributed by atoms with Gasteiger partial charge >= 0.3 is 0 Å². The molecule has 1 aromatic heterocycles. The molecule has 3 rings (SSSR count). The molecule has 1 amide bonds. The van der Waals surface area contributed by atoms with Crippen LogP contribution in [0, 0.1) is 11.8 Å². The molecule has 1 aromatic rings. The number of carbonyl (C=O) groups excluding carboxylic acids is 1. The molecular formula is C16H25N3O2. The number of carbonyl (C=O) groups is 1. The molecule has 0 atom stereocenters. The highest BCUT2D eigenvalue weighted by Gasteiger charge is 2.19. The Balaban J connectivity index is 1.46. The number of anilines is 1. The van der Waals surface area contributed by atoms with Crippen molar-refractivity contribution in [3.05, 3.63) is 12.4 Å². The van der Waals surface area contributed by atoms with Gasteiger partial charge in [-0.3, -0.25) is 9.48 Å². The van der Waals surface area contributed by atoms with E-state index < -0.39 is 0 Å². The van der Waals surface area contributed by atoms with Crippen molar-refractivity contribution in [1.29, 1.82) is 0 Å². The molecule has 1 saturated carbocycles. The standard InChI is InChI=1S/C16H25N3O2/c20-16(9-13-3-1-2-4-13)18-15-10-17-19(12-15)11-14-5-7-21-8-6-14/h10,12-14H,1-9,11H2,(H,18,20). The molecule has 1 N–H and O–H groups in total. The summed E-state index contributed by atoms with van der Waals surface area (Å²) in [6.07, 6.45) is 11.5. The van der Waals surface area contributed by atoms with E-state index in [1.165, 1.54) is 25.7 Å². The van der Waals surface area contributed by atoms with E-state index in [0.29, 0.717) is 18.3 Å². The maximum absolute atomic E-state index is 12.0. The summed E-state index contributed by atoms with van der Waals surface area (Å²) in [5, 5.41) is 7.34. The zero-order valence-electron chi connectivity index (χ0n) is 12.6. The molecular weight excluding hydrogens is 266 g/mol. The SMILES string of the molecule is O=C(CC1CCCC1)Nc1cnn(CC2CCOCC2)c1. The Labute approximate surface area is 126 Å². The first-order valence-electron chi connectivity index (χ1n) is 8.19. The molecule has 2 heterocycles. The van der Waals surface area contributed by atoms with E-state index in [9.17, 15) is 4.79 Å². The number of nitrogens with zero attached hydrogens (tertiary/aromatic N) is 2. The summed E-state index contributed by atoms with van der Waals surface area (Å²) < 4.78 is 7.32. The Morgan fingerprint density at radius 1 is 1.24 bits per heavy atom. The van der Waals surface area contributed by atoms with Crippen molar-refractivity contribution in [2.45, 2.75) is 51.5 Å². The molecule has 2 fully saturated rings. The molecule has 21 heavy (non-hydrogen) atoms. The third kappa shape index (κ3) is 4.30. The van der Waals surface area contributed by atoms with Crippen molar-refractivity contribution in [1.82, 2.24) is 9.78 Å². The average Bonchev–Trinajstić information content (AvgIpc) is 3.12. The van der Waals surface area contributed by atoms with Gasteiger partial charge in [0, 0.05) is 32.4 Å². The number of aromatic nitrogens is 2. The van der Waals surface area contributed by atoms with E-state index in [2.05, 4.69) is 10.4 Å². The maximum atomic E-state index is 12.0. The Hall–Kier alpha value is -1.36. The highest BCUT2D eigenvalue weighted by atomic mass is 16.5. The molecule has 5 nitrogen and oxygen atoms in total. The zero-order chi connectivity index (χ0) is 14.5. The van der Waals surface area contributed by atoms with Crippen LogP contribution in [-0.2, 0) is 16.1 Å². The summed E-state index contributed by atoms with van der Waals surface area (Å²) in [7, 11) is 0. The van der Waals surface area contributed by atoms with Gasteiger partial charge in [-0.2, -0.15) is 5.10 Å². The molecule has 116 valence electrons. The van der Waals surface area contributed by atoms with Gasteiger partial charge in [0.05, 0.1) is 11.9 Å². The number of nitrogens with one attached hydrogen (secondary N) is 1. The van der Waals surface area contributed by atoms with E-state index >= 15 is 0 Å². The lowest BCUT2D eigenvalue weighted by molar-refractivity contribution is -0.117. The van der Waals surface area contributed by atoms with Gasteiger partial charge < -0.3 is 10.1 Å². The Morgan fingerprint density at radius 3 is 2.76 bits per heavy atom. The fraction of sp³-hybridized carbons (Fsp3) is 0.750. The van der Waals surface area contributed by atoms with Crippen LogP contribution in [0.5, 0.6) is 0 Å².